The molecule has 0 fully saturated rings. The van der Waals surface area contributed by atoms with Gasteiger partial charge in [0.2, 0.25) is 0 Å². The smallest absolute Gasteiger partial charge is 0.408 e. The average Bonchev–Trinajstić information content (AvgIpc) is 2.72. The van der Waals surface area contributed by atoms with Crippen LogP contribution in [0.1, 0.15) is 5.56 Å². The summed E-state index contributed by atoms with van der Waals surface area (Å²) in [4.78, 5) is 17.9. The summed E-state index contributed by atoms with van der Waals surface area (Å²) in [5, 5.41) is 3.17. The van der Waals surface area contributed by atoms with E-state index in [1.807, 2.05) is 19.1 Å². The van der Waals surface area contributed by atoms with Gasteiger partial charge < -0.3 is 15.5 Å². The quantitative estimate of drug-likeness (QED) is 0.652. The van der Waals surface area contributed by atoms with Crippen LogP contribution in [-0.4, -0.2) is 9.97 Å². The van der Waals surface area contributed by atoms with Crippen LogP contribution in [0.15, 0.2) is 39.7 Å². The Bertz CT molecular complexity index is 804. The summed E-state index contributed by atoms with van der Waals surface area (Å²) >= 11 is 0. The Hall–Kier alpha value is -2.76. The summed E-state index contributed by atoms with van der Waals surface area (Å²) < 4.78 is 4.94. The van der Waals surface area contributed by atoms with Gasteiger partial charge in [-0.1, -0.05) is 0 Å². The average molecular weight is 256 g/mol. The number of hydrogen-bond donors (Lipinski definition) is 3. The van der Waals surface area contributed by atoms with Gasteiger partial charge in [-0.05, 0) is 36.8 Å². The highest BCUT2D eigenvalue weighted by molar-refractivity contribution is 5.78. The van der Waals surface area contributed by atoms with Crippen LogP contribution >= 0.6 is 0 Å². The summed E-state index contributed by atoms with van der Waals surface area (Å²) in [6.45, 7) is 1.92. The third kappa shape index (κ3) is 2.15. The van der Waals surface area contributed by atoms with Crippen LogP contribution in [-0.2, 0) is 0 Å². The number of rotatable bonds is 2. The summed E-state index contributed by atoms with van der Waals surface area (Å²) in [6, 6.07) is 7.17. The standard InChI is InChI=1S/C13H12N4O2/c1-7-4-8(14)6-15-12(7)16-9-2-3-11-10(5-9)17-13(18)19-11/h2-6H,14H2,1H3,(H,15,16)(H,17,18). The van der Waals surface area contributed by atoms with E-state index in [0.29, 0.717) is 16.8 Å². The summed E-state index contributed by atoms with van der Waals surface area (Å²) in [5.74, 6) is 0.258. The zero-order valence-electron chi connectivity index (χ0n) is 10.2. The minimum absolute atomic E-state index is 0.464. The van der Waals surface area contributed by atoms with Crippen LogP contribution < -0.4 is 16.8 Å². The Morgan fingerprint density at radius 1 is 1.37 bits per heavy atom. The first-order valence-corrected chi connectivity index (χ1v) is 5.74. The number of benzene rings is 1. The van der Waals surface area contributed by atoms with Crippen molar-refractivity contribution in [1.82, 2.24) is 9.97 Å². The van der Waals surface area contributed by atoms with Gasteiger partial charge in [-0.2, -0.15) is 0 Å². The largest absolute Gasteiger partial charge is 0.417 e. The zero-order valence-corrected chi connectivity index (χ0v) is 10.2. The number of oxazole rings is 1. The van der Waals surface area contributed by atoms with Crippen LogP contribution in [0.3, 0.4) is 0 Å². The molecular formula is C13H12N4O2. The van der Waals surface area contributed by atoms with Gasteiger partial charge in [-0.3, -0.25) is 4.98 Å². The lowest BCUT2D eigenvalue weighted by atomic mass is 10.2. The van der Waals surface area contributed by atoms with Crippen molar-refractivity contribution in [3.05, 3.63) is 46.6 Å². The molecule has 3 aromatic rings. The lowest BCUT2D eigenvalue weighted by Crippen LogP contribution is -1.98. The number of nitrogens with two attached hydrogens (primary N) is 1. The predicted octanol–water partition coefficient (Wildman–Crippen LogP) is 2.15. The number of aryl methyl sites for hydroxylation is 1. The fraction of sp³-hybridized carbons (Fsp3) is 0.0769. The molecule has 0 aliphatic carbocycles. The van der Waals surface area contributed by atoms with E-state index in [1.54, 1.807) is 18.3 Å². The Labute approximate surface area is 108 Å². The highest BCUT2D eigenvalue weighted by atomic mass is 16.4. The topological polar surface area (TPSA) is 96.9 Å². The van der Waals surface area contributed by atoms with E-state index in [0.717, 1.165) is 17.1 Å². The molecule has 0 spiro atoms. The van der Waals surface area contributed by atoms with Gasteiger partial charge in [-0.25, -0.2) is 9.78 Å². The second-order valence-corrected chi connectivity index (χ2v) is 4.28. The number of nitrogens with one attached hydrogen (secondary N) is 2. The van der Waals surface area contributed by atoms with Crippen molar-refractivity contribution in [3.63, 3.8) is 0 Å². The van der Waals surface area contributed by atoms with Gasteiger partial charge in [0, 0.05) is 5.69 Å². The van der Waals surface area contributed by atoms with Gasteiger partial charge >= 0.3 is 5.76 Å². The molecule has 6 heteroatoms. The van der Waals surface area contributed by atoms with Gasteiger partial charge in [0.05, 0.1) is 17.4 Å². The Kier molecular flexibility index (Phi) is 2.49. The van der Waals surface area contributed by atoms with Crippen molar-refractivity contribution < 1.29 is 4.42 Å². The molecule has 0 aliphatic rings. The van der Waals surface area contributed by atoms with E-state index in [4.69, 9.17) is 10.2 Å². The van der Waals surface area contributed by atoms with E-state index >= 15 is 0 Å². The third-order valence-corrected chi connectivity index (χ3v) is 2.78. The molecule has 0 unspecified atom stereocenters. The predicted molar refractivity (Wildman–Crippen MR) is 73.5 cm³/mol. The Balaban J connectivity index is 1.98. The molecule has 6 nitrogen and oxygen atoms in total. The van der Waals surface area contributed by atoms with Crippen molar-refractivity contribution in [2.75, 3.05) is 11.1 Å². The van der Waals surface area contributed by atoms with E-state index < -0.39 is 5.76 Å². The molecule has 4 N–H and O–H groups in total. The molecule has 0 saturated heterocycles. The van der Waals surface area contributed by atoms with Gasteiger partial charge in [0.1, 0.15) is 5.82 Å². The number of anilines is 3. The number of aromatic nitrogens is 2. The van der Waals surface area contributed by atoms with E-state index in [9.17, 15) is 4.79 Å². The molecule has 3 rings (SSSR count). The molecule has 0 saturated carbocycles. The number of H-pyrrole nitrogens is 1. The third-order valence-electron chi connectivity index (χ3n) is 2.78. The normalized spacial score (nSPS) is 10.8. The van der Waals surface area contributed by atoms with Crippen molar-refractivity contribution in [2.45, 2.75) is 6.92 Å². The van der Waals surface area contributed by atoms with Crippen LogP contribution in [0, 0.1) is 6.92 Å². The Morgan fingerprint density at radius 3 is 3.00 bits per heavy atom. The van der Waals surface area contributed by atoms with Crippen molar-refractivity contribution in [1.29, 1.82) is 0 Å². The highest BCUT2D eigenvalue weighted by Gasteiger charge is 2.04. The van der Waals surface area contributed by atoms with Crippen LogP contribution in [0.25, 0.3) is 11.1 Å². The van der Waals surface area contributed by atoms with Crippen molar-refractivity contribution in [2.24, 2.45) is 0 Å². The molecule has 96 valence electrons. The first kappa shape index (κ1) is 11.3. The second kappa shape index (κ2) is 4.16. The maximum Gasteiger partial charge on any atom is 0.417 e. The molecule has 0 atom stereocenters. The first-order chi connectivity index (χ1) is 9.11. The summed E-state index contributed by atoms with van der Waals surface area (Å²) in [5.41, 5.74) is 9.20. The lowest BCUT2D eigenvalue weighted by molar-refractivity contribution is 0.555. The maximum atomic E-state index is 11.1. The summed E-state index contributed by atoms with van der Waals surface area (Å²) in [6.07, 6.45) is 1.59. The molecule has 0 amide bonds. The van der Waals surface area contributed by atoms with Crippen LogP contribution in [0.4, 0.5) is 17.2 Å². The molecule has 2 aromatic heterocycles. The highest BCUT2D eigenvalue weighted by Crippen LogP contribution is 2.22. The molecule has 1 aromatic carbocycles. The Morgan fingerprint density at radius 2 is 2.21 bits per heavy atom. The first-order valence-electron chi connectivity index (χ1n) is 5.74. The zero-order chi connectivity index (χ0) is 13.4. The minimum Gasteiger partial charge on any atom is -0.408 e. The van der Waals surface area contributed by atoms with Crippen LogP contribution in [0.2, 0.25) is 0 Å². The second-order valence-electron chi connectivity index (χ2n) is 4.28. The van der Waals surface area contributed by atoms with Crippen LogP contribution in [0.5, 0.6) is 0 Å². The van der Waals surface area contributed by atoms with Crippen molar-refractivity contribution >= 4 is 28.3 Å². The molecule has 19 heavy (non-hydrogen) atoms. The number of fused-ring (bicyclic) bond motifs is 1. The van der Waals surface area contributed by atoms with Gasteiger partial charge in [0.25, 0.3) is 0 Å². The van der Waals surface area contributed by atoms with E-state index in [-0.39, 0.29) is 0 Å². The number of nitrogens with zero attached hydrogens (tertiary/aromatic N) is 1. The SMILES string of the molecule is Cc1cc(N)cnc1Nc1ccc2oc(=O)[nH]c2c1. The van der Waals surface area contributed by atoms with E-state index in [2.05, 4.69) is 15.3 Å². The number of pyridine rings is 1. The number of aromatic amines is 1. The molecule has 2 heterocycles. The summed E-state index contributed by atoms with van der Waals surface area (Å²) in [7, 11) is 0. The number of hydrogen-bond acceptors (Lipinski definition) is 5. The molecular weight excluding hydrogens is 244 g/mol. The fourth-order valence-corrected chi connectivity index (χ4v) is 1.89. The van der Waals surface area contributed by atoms with Gasteiger partial charge in [-0.15, -0.1) is 0 Å². The number of nitrogen functional groups attached to an aromatic ring is 1. The molecule has 0 bridgehead atoms. The maximum absolute atomic E-state index is 11.1. The monoisotopic (exact) mass is 256 g/mol. The lowest BCUT2D eigenvalue weighted by Gasteiger charge is -2.08. The molecule has 0 aliphatic heterocycles. The van der Waals surface area contributed by atoms with Crippen molar-refractivity contribution in [3.8, 4) is 0 Å². The van der Waals surface area contributed by atoms with Gasteiger partial charge in [0.15, 0.2) is 5.58 Å². The molecule has 0 radical (unpaired) electrons. The fourth-order valence-electron chi connectivity index (χ4n) is 1.89. The minimum atomic E-state index is -0.464. The van der Waals surface area contributed by atoms with E-state index in [1.165, 1.54) is 0 Å².